The molecule has 5 nitrogen and oxygen atoms in total. The second-order valence-corrected chi connectivity index (χ2v) is 5.75. The fourth-order valence-corrected chi connectivity index (χ4v) is 2.75. The van der Waals surface area contributed by atoms with Crippen molar-refractivity contribution in [3.63, 3.8) is 0 Å². The number of hydrogen-bond acceptors (Lipinski definition) is 3. The predicted molar refractivity (Wildman–Crippen MR) is 101 cm³/mol. The number of benzene rings is 1. The number of anilines is 1. The first-order valence-electron chi connectivity index (χ1n) is 8.32. The van der Waals surface area contributed by atoms with Gasteiger partial charge in [0, 0.05) is 16.3 Å². The van der Waals surface area contributed by atoms with Gasteiger partial charge in [0.25, 0.3) is 0 Å². The number of nitrogens with two attached hydrogens (primary N) is 1. The molecule has 3 N–H and O–H groups in total. The van der Waals surface area contributed by atoms with Crippen LogP contribution in [0.25, 0.3) is 21.8 Å². The molecule has 0 saturated carbocycles. The summed E-state index contributed by atoms with van der Waals surface area (Å²) in [5, 5.41) is 2.62. The average molecular weight is 335 g/mol. The van der Waals surface area contributed by atoms with Gasteiger partial charge < -0.3 is 15.5 Å². The van der Waals surface area contributed by atoms with Crippen LogP contribution in [0.3, 0.4) is 0 Å². The van der Waals surface area contributed by atoms with Crippen LogP contribution in [0.15, 0.2) is 59.6 Å². The number of nitrogen functional groups attached to an aromatic ring is 1. The zero-order valence-electron chi connectivity index (χ0n) is 14.2. The van der Waals surface area contributed by atoms with Crippen LogP contribution >= 0.6 is 0 Å². The zero-order valence-corrected chi connectivity index (χ0v) is 14.2. The number of aromatic amines is 1. The van der Waals surface area contributed by atoms with E-state index in [0.717, 1.165) is 34.6 Å². The molecule has 0 saturated heterocycles. The van der Waals surface area contributed by atoms with Gasteiger partial charge in [-0.05, 0) is 38.0 Å². The summed E-state index contributed by atoms with van der Waals surface area (Å²) in [5.74, 6) is 0. The van der Waals surface area contributed by atoms with E-state index in [-0.39, 0.29) is 0 Å². The number of unbranched alkanes of at least 4 members (excludes halogenated alkanes) is 1. The van der Waals surface area contributed by atoms with Crippen LogP contribution in [0.2, 0.25) is 0 Å². The van der Waals surface area contributed by atoms with Gasteiger partial charge in [-0.15, -0.1) is 0 Å². The summed E-state index contributed by atoms with van der Waals surface area (Å²) in [7, 11) is 0. The van der Waals surface area contributed by atoms with Gasteiger partial charge in [0.15, 0.2) is 0 Å². The molecule has 25 heavy (non-hydrogen) atoms. The second-order valence-electron chi connectivity index (χ2n) is 5.75. The van der Waals surface area contributed by atoms with E-state index in [2.05, 4.69) is 9.98 Å². The smallest absolute Gasteiger partial charge is 0.434 e. The standard InChI is InChI=1S/C20H21N3O2/c1-2-3-4-5-12-25-20(24)22-14-8-6-9-15-16-10-7-11-17(21)19(16)23-18(15)13-14/h2-3,6-11,13,23H,4-5,12,21H2,1H3/b3-2+,22-14?. The van der Waals surface area contributed by atoms with Gasteiger partial charge in [-0.3, -0.25) is 0 Å². The number of fused-ring (bicyclic) bond motifs is 3. The van der Waals surface area contributed by atoms with Gasteiger partial charge in [0.2, 0.25) is 0 Å². The normalized spacial score (nSPS) is 12.3. The quantitative estimate of drug-likeness (QED) is 0.424. The van der Waals surface area contributed by atoms with Crippen molar-refractivity contribution in [1.29, 1.82) is 0 Å². The number of amides is 1. The van der Waals surface area contributed by atoms with Crippen molar-refractivity contribution in [3.8, 4) is 0 Å². The monoisotopic (exact) mass is 335 g/mol. The molecule has 0 atom stereocenters. The Morgan fingerprint density at radius 2 is 2.04 bits per heavy atom. The molecule has 5 heteroatoms. The Morgan fingerprint density at radius 3 is 2.88 bits per heavy atom. The van der Waals surface area contributed by atoms with Crippen molar-refractivity contribution in [3.05, 3.63) is 60.0 Å². The van der Waals surface area contributed by atoms with Crippen LogP contribution in [-0.4, -0.2) is 17.7 Å². The van der Waals surface area contributed by atoms with E-state index in [1.165, 1.54) is 0 Å². The van der Waals surface area contributed by atoms with Crippen molar-refractivity contribution >= 4 is 33.6 Å². The summed E-state index contributed by atoms with van der Waals surface area (Å²) in [4.78, 5) is 19.2. The molecule has 3 aromatic rings. The molecule has 128 valence electrons. The number of H-pyrrole nitrogens is 1. The number of carbonyl (C=O) groups is 1. The summed E-state index contributed by atoms with van der Waals surface area (Å²) < 4.78 is 5.14. The Bertz CT molecular complexity index is 1000. The van der Waals surface area contributed by atoms with E-state index >= 15 is 0 Å². The van der Waals surface area contributed by atoms with E-state index in [4.69, 9.17) is 10.5 Å². The van der Waals surface area contributed by atoms with E-state index in [1.54, 1.807) is 6.07 Å². The van der Waals surface area contributed by atoms with Crippen LogP contribution < -0.4 is 11.1 Å². The van der Waals surface area contributed by atoms with Crippen molar-refractivity contribution in [2.45, 2.75) is 19.8 Å². The Morgan fingerprint density at radius 1 is 1.24 bits per heavy atom. The summed E-state index contributed by atoms with van der Waals surface area (Å²) in [6, 6.07) is 13.3. The number of para-hydroxylation sites is 1. The zero-order chi connectivity index (χ0) is 17.6. The summed E-state index contributed by atoms with van der Waals surface area (Å²) in [6.07, 6.45) is 5.13. The number of ether oxygens (including phenoxy) is 1. The van der Waals surface area contributed by atoms with Gasteiger partial charge in [-0.25, -0.2) is 4.79 Å². The minimum Gasteiger partial charge on any atom is -0.448 e. The van der Waals surface area contributed by atoms with Crippen LogP contribution in [0.1, 0.15) is 19.8 Å². The predicted octanol–water partition coefficient (Wildman–Crippen LogP) is 4.30. The number of hydrogen-bond donors (Lipinski definition) is 2. The highest BCUT2D eigenvalue weighted by Crippen LogP contribution is 2.27. The highest BCUT2D eigenvalue weighted by Gasteiger charge is 2.05. The number of carbonyl (C=O) groups excluding carboxylic acids is 1. The molecule has 0 unspecified atom stereocenters. The molecular formula is C20H21N3O2. The molecule has 1 aromatic heterocycles. The molecule has 2 aromatic carbocycles. The minimum absolute atomic E-state index is 0.365. The molecule has 1 amide bonds. The maximum atomic E-state index is 11.9. The van der Waals surface area contributed by atoms with Crippen LogP contribution in [0, 0.1) is 0 Å². The SMILES string of the molecule is C/C=C/CCCOC(=O)N=c1cccc2c(c1)[nH]c1c(N)cccc12. The number of nitrogens with zero attached hydrogens (tertiary/aromatic N) is 1. The third-order valence-corrected chi connectivity index (χ3v) is 3.96. The van der Waals surface area contributed by atoms with E-state index < -0.39 is 6.09 Å². The lowest BCUT2D eigenvalue weighted by Crippen LogP contribution is -2.07. The number of allylic oxidation sites excluding steroid dienone is 2. The Kier molecular flexibility index (Phi) is 5.14. The first kappa shape index (κ1) is 16.8. The molecule has 0 fully saturated rings. The van der Waals surface area contributed by atoms with Gasteiger partial charge in [0.1, 0.15) is 0 Å². The molecule has 0 aliphatic carbocycles. The largest absolute Gasteiger partial charge is 0.448 e. The van der Waals surface area contributed by atoms with Gasteiger partial charge in [-0.2, -0.15) is 4.99 Å². The van der Waals surface area contributed by atoms with Crippen LogP contribution in [0.5, 0.6) is 0 Å². The summed E-state index contributed by atoms with van der Waals surface area (Å²) in [6.45, 7) is 2.33. The molecule has 0 spiro atoms. The molecule has 0 aliphatic rings. The molecular weight excluding hydrogens is 314 g/mol. The Balaban J connectivity index is 1.88. The third kappa shape index (κ3) is 3.88. The van der Waals surface area contributed by atoms with Crippen molar-refractivity contribution < 1.29 is 9.53 Å². The Hall–Kier alpha value is -3.08. The second kappa shape index (κ2) is 7.66. The van der Waals surface area contributed by atoms with Gasteiger partial charge in [0.05, 0.1) is 23.2 Å². The van der Waals surface area contributed by atoms with Gasteiger partial charge in [-0.1, -0.05) is 36.4 Å². The van der Waals surface area contributed by atoms with E-state index in [1.807, 2.05) is 55.5 Å². The first-order valence-corrected chi connectivity index (χ1v) is 8.32. The summed E-state index contributed by atoms with van der Waals surface area (Å²) in [5.41, 5.74) is 8.48. The molecule has 0 bridgehead atoms. The van der Waals surface area contributed by atoms with E-state index in [0.29, 0.717) is 17.7 Å². The average Bonchev–Trinajstić information content (AvgIpc) is 2.82. The number of aromatic nitrogens is 1. The lowest BCUT2D eigenvalue weighted by atomic mass is 10.2. The third-order valence-electron chi connectivity index (χ3n) is 3.96. The van der Waals surface area contributed by atoms with E-state index in [9.17, 15) is 4.79 Å². The fraction of sp³-hybridized carbons (Fsp3) is 0.200. The van der Waals surface area contributed by atoms with Crippen molar-refractivity contribution in [2.75, 3.05) is 12.3 Å². The fourth-order valence-electron chi connectivity index (χ4n) is 2.75. The molecule has 0 radical (unpaired) electrons. The first-order chi connectivity index (χ1) is 12.2. The topological polar surface area (TPSA) is 80.5 Å². The summed E-state index contributed by atoms with van der Waals surface area (Å²) >= 11 is 0. The number of nitrogens with one attached hydrogen (secondary N) is 1. The van der Waals surface area contributed by atoms with Gasteiger partial charge >= 0.3 is 6.09 Å². The van der Waals surface area contributed by atoms with Crippen molar-refractivity contribution in [1.82, 2.24) is 4.98 Å². The maximum Gasteiger partial charge on any atom is 0.434 e. The Labute approximate surface area is 145 Å². The lowest BCUT2D eigenvalue weighted by molar-refractivity contribution is 0.155. The maximum absolute atomic E-state index is 11.9. The highest BCUT2D eigenvalue weighted by molar-refractivity contribution is 6.10. The number of rotatable bonds is 4. The van der Waals surface area contributed by atoms with Crippen LogP contribution in [0.4, 0.5) is 10.5 Å². The molecule has 3 rings (SSSR count). The van der Waals surface area contributed by atoms with Crippen molar-refractivity contribution in [2.24, 2.45) is 4.99 Å². The molecule has 1 heterocycles. The minimum atomic E-state index is -0.574. The highest BCUT2D eigenvalue weighted by atomic mass is 16.5. The van der Waals surface area contributed by atoms with Crippen LogP contribution in [-0.2, 0) is 4.74 Å². The lowest BCUT2D eigenvalue weighted by Gasteiger charge is -1.98. The molecule has 0 aliphatic heterocycles.